The second-order valence-electron chi connectivity index (χ2n) is 4.18. The molecule has 1 nitrogen and oxygen atoms in total. The summed E-state index contributed by atoms with van der Waals surface area (Å²) in [5, 5.41) is 12.0. The monoisotopic (exact) mass is 255 g/mol. The number of fused-ring (bicyclic) bond motifs is 1. The van der Waals surface area contributed by atoms with Crippen LogP contribution < -0.4 is 0 Å². The highest BCUT2D eigenvalue weighted by Crippen LogP contribution is 2.31. The summed E-state index contributed by atoms with van der Waals surface area (Å²) in [6.45, 7) is 2.05. The molecule has 0 saturated heterocycles. The van der Waals surface area contributed by atoms with E-state index in [1.54, 1.807) is 0 Å². The highest BCUT2D eigenvalue weighted by atomic mass is 35.5. The van der Waals surface area contributed by atoms with Crippen LogP contribution in [0.25, 0.3) is 15.8 Å². The molecule has 0 heterocycles. The second kappa shape index (κ2) is 5.71. The number of hydrogen-bond acceptors (Lipinski definition) is 1. The Morgan fingerprint density at radius 3 is 2.61 bits per heavy atom. The highest BCUT2D eigenvalue weighted by molar-refractivity contribution is 6.50. The van der Waals surface area contributed by atoms with Gasteiger partial charge < -0.3 is 0 Å². The van der Waals surface area contributed by atoms with E-state index in [4.69, 9.17) is 16.9 Å². The van der Waals surface area contributed by atoms with Crippen LogP contribution in [0.2, 0.25) is 0 Å². The van der Waals surface area contributed by atoms with Gasteiger partial charge in [-0.05, 0) is 17.2 Å². The van der Waals surface area contributed by atoms with Crippen molar-refractivity contribution in [2.75, 3.05) is 0 Å². The maximum Gasteiger partial charge on any atom is 0.0962 e. The van der Waals surface area contributed by atoms with E-state index >= 15 is 0 Å². The molecule has 2 aromatic carbocycles. The Balaban J connectivity index is 2.65. The van der Waals surface area contributed by atoms with Crippen LogP contribution in [-0.4, -0.2) is 0 Å². The van der Waals surface area contributed by atoms with Gasteiger partial charge in [-0.25, -0.2) is 0 Å². The van der Waals surface area contributed by atoms with Gasteiger partial charge in [0.2, 0.25) is 0 Å². The van der Waals surface area contributed by atoms with Crippen molar-refractivity contribution in [3.8, 4) is 6.07 Å². The third-order valence-corrected chi connectivity index (χ3v) is 3.36. The molecule has 2 heteroatoms. The molecule has 0 unspecified atom stereocenters. The Morgan fingerprint density at radius 2 is 1.89 bits per heavy atom. The van der Waals surface area contributed by atoms with Crippen molar-refractivity contribution >= 4 is 27.4 Å². The van der Waals surface area contributed by atoms with Crippen LogP contribution in [0.4, 0.5) is 0 Å². The summed E-state index contributed by atoms with van der Waals surface area (Å²) >= 11 is 6.39. The van der Waals surface area contributed by atoms with Crippen LogP contribution in [0.5, 0.6) is 0 Å². The smallest absolute Gasteiger partial charge is 0.0962 e. The molecule has 18 heavy (non-hydrogen) atoms. The Kier molecular flexibility index (Phi) is 4.02. The van der Waals surface area contributed by atoms with Gasteiger partial charge in [-0.2, -0.15) is 5.26 Å². The molecule has 0 radical (unpaired) electrons. The van der Waals surface area contributed by atoms with Crippen molar-refractivity contribution in [2.24, 2.45) is 0 Å². The molecule has 0 aromatic heterocycles. The van der Waals surface area contributed by atoms with E-state index in [1.807, 2.05) is 37.3 Å². The van der Waals surface area contributed by atoms with Gasteiger partial charge in [-0.3, -0.25) is 0 Å². The Bertz CT molecular complexity index is 630. The van der Waals surface area contributed by atoms with Crippen molar-refractivity contribution < 1.29 is 0 Å². The maximum atomic E-state index is 9.17. The summed E-state index contributed by atoms with van der Waals surface area (Å²) in [4.78, 5) is 0. The standard InChI is InChI=1S/C16H14ClN/c1-2-6-13(11-18)16(17)15-10-5-8-12-7-3-4-9-14(12)15/h3-5,7-10H,2,6H2,1H3. The number of nitriles is 1. The fourth-order valence-corrected chi connectivity index (χ4v) is 2.35. The van der Waals surface area contributed by atoms with Crippen molar-refractivity contribution in [3.05, 3.63) is 53.6 Å². The zero-order valence-corrected chi connectivity index (χ0v) is 11.0. The first-order valence-corrected chi connectivity index (χ1v) is 6.42. The van der Waals surface area contributed by atoms with Crippen LogP contribution in [-0.2, 0) is 0 Å². The SMILES string of the molecule is CCCC(C#N)=C(Cl)c1cccc2ccccc12. The van der Waals surface area contributed by atoms with Gasteiger partial charge in [0.1, 0.15) is 0 Å². The Morgan fingerprint density at radius 1 is 1.17 bits per heavy atom. The highest BCUT2D eigenvalue weighted by Gasteiger charge is 2.09. The van der Waals surface area contributed by atoms with Gasteiger partial charge in [-0.1, -0.05) is 67.4 Å². The summed E-state index contributed by atoms with van der Waals surface area (Å²) in [5.41, 5.74) is 1.61. The van der Waals surface area contributed by atoms with Crippen LogP contribution in [0.15, 0.2) is 48.0 Å². The van der Waals surface area contributed by atoms with E-state index in [2.05, 4.69) is 18.2 Å². The molecular formula is C16H14ClN. The summed E-state index contributed by atoms with van der Waals surface area (Å²) in [5.74, 6) is 0. The summed E-state index contributed by atoms with van der Waals surface area (Å²) in [6.07, 6.45) is 1.64. The summed E-state index contributed by atoms with van der Waals surface area (Å²) in [6, 6.07) is 16.3. The molecule has 0 fully saturated rings. The molecule has 0 aliphatic heterocycles. The minimum Gasteiger partial charge on any atom is -0.193 e. The summed E-state index contributed by atoms with van der Waals surface area (Å²) < 4.78 is 0. The third-order valence-electron chi connectivity index (χ3n) is 2.93. The van der Waals surface area contributed by atoms with Gasteiger partial charge in [0.15, 0.2) is 0 Å². The lowest BCUT2D eigenvalue weighted by Crippen LogP contribution is -1.87. The van der Waals surface area contributed by atoms with Gasteiger partial charge in [0.25, 0.3) is 0 Å². The first kappa shape index (κ1) is 12.7. The van der Waals surface area contributed by atoms with Crippen molar-refractivity contribution in [1.82, 2.24) is 0 Å². The molecule has 0 aliphatic carbocycles. The van der Waals surface area contributed by atoms with Crippen LogP contribution >= 0.6 is 11.6 Å². The van der Waals surface area contributed by atoms with Crippen molar-refractivity contribution in [3.63, 3.8) is 0 Å². The molecular weight excluding hydrogens is 242 g/mol. The fraction of sp³-hybridized carbons (Fsp3) is 0.188. The number of nitrogens with zero attached hydrogens (tertiary/aromatic N) is 1. The largest absolute Gasteiger partial charge is 0.193 e. The maximum absolute atomic E-state index is 9.17. The minimum atomic E-state index is 0.580. The van der Waals surface area contributed by atoms with Crippen molar-refractivity contribution in [2.45, 2.75) is 19.8 Å². The summed E-state index contributed by atoms with van der Waals surface area (Å²) in [7, 11) is 0. The molecule has 0 bridgehead atoms. The van der Waals surface area contributed by atoms with Crippen LogP contribution in [0, 0.1) is 11.3 Å². The fourth-order valence-electron chi connectivity index (χ4n) is 2.04. The second-order valence-corrected chi connectivity index (χ2v) is 4.56. The zero-order valence-electron chi connectivity index (χ0n) is 10.3. The quantitative estimate of drug-likeness (QED) is 0.699. The first-order valence-electron chi connectivity index (χ1n) is 6.04. The molecule has 0 aliphatic rings. The third kappa shape index (κ3) is 2.39. The van der Waals surface area contributed by atoms with Gasteiger partial charge in [-0.15, -0.1) is 0 Å². The predicted molar refractivity (Wildman–Crippen MR) is 77.2 cm³/mol. The van der Waals surface area contributed by atoms with E-state index in [0.29, 0.717) is 10.6 Å². The molecule has 0 N–H and O–H groups in total. The lowest BCUT2D eigenvalue weighted by molar-refractivity contribution is 0.933. The van der Waals surface area contributed by atoms with Crippen molar-refractivity contribution in [1.29, 1.82) is 5.26 Å². The minimum absolute atomic E-state index is 0.580. The molecule has 90 valence electrons. The number of benzene rings is 2. The van der Waals surface area contributed by atoms with E-state index in [0.717, 1.165) is 29.2 Å². The lowest BCUT2D eigenvalue weighted by Gasteiger charge is -2.07. The van der Waals surface area contributed by atoms with Crippen LogP contribution in [0.1, 0.15) is 25.3 Å². The lowest BCUT2D eigenvalue weighted by atomic mass is 10.0. The number of hydrogen-bond donors (Lipinski definition) is 0. The van der Waals surface area contributed by atoms with E-state index in [-0.39, 0.29) is 0 Å². The van der Waals surface area contributed by atoms with E-state index in [9.17, 15) is 0 Å². The van der Waals surface area contributed by atoms with Gasteiger partial charge in [0, 0.05) is 11.1 Å². The average molecular weight is 256 g/mol. The average Bonchev–Trinajstić information content (AvgIpc) is 2.43. The number of halogens is 1. The first-order chi connectivity index (χ1) is 8.77. The number of rotatable bonds is 3. The molecule has 0 saturated carbocycles. The molecule has 0 amide bonds. The number of allylic oxidation sites excluding steroid dienone is 1. The molecule has 0 atom stereocenters. The topological polar surface area (TPSA) is 23.8 Å². The molecule has 2 aromatic rings. The van der Waals surface area contributed by atoms with Gasteiger partial charge in [0.05, 0.1) is 11.1 Å². The van der Waals surface area contributed by atoms with Crippen LogP contribution in [0.3, 0.4) is 0 Å². The van der Waals surface area contributed by atoms with Gasteiger partial charge >= 0.3 is 0 Å². The van der Waals surface area contributed by atoms with E-state index in [1.165, 1.54) is 0 Å². The van der Waals surface area contributed by atoms with E-state index < -0.39 is 0 Å². The molecule has 2 rings (SSSR count). The Labute approximate surface area is 112 Å². The zero-order chi connectivity index (χ0) is 13.0. The predicted octanol–water partition coefficient (Wildman–Crippen LogP) is 5.11. The Hall–Kier alpha value is -1.78. The normalized spacial score (nSPS) is 12.1. The molecule has 0 spiro atoms.